The van der Waals surface area contributed by atoms with Crippen LogP contribution in [0.5, 0.6) is 0 Å². The van der Waals surface area contributed by atoms with Crippen molar-refractivity contribution in [3.8, 4) is 11.5 Å². The van der Waals surface area contributed by atoms with Crippen LogP contribution in [-0.4, -0.2) is 37.2 Å². The molecule has 10 heteroatoms. The first-order valence-electron chi connectivity index (χ1n) is 11.0. The van der Waals surface area contributed by atoms with Crippen LogP contribution in [0.1, 0.15) is 90.3 Å². The number of rotatable bonds is 5. The summed E-state index contributed by atoms with van der Waals surface area (Å²) in [4.78, 5) is 19.9. The highest BCUT2D eigenvalue weighted by Crippen LogP contribution is 2.42. The van der Waals surface area contributed by atoms with E-state index in [9.17, 15) is 13.6 Å². The number of carbonyl (C=O) groups excluding carboxylic acids is 1. The van der Waals surface area contributed by atoms with E-state index in [-0.39, 0.29) is 23.8 Å². The highest BCUT2D eigenvalue weighted by atomic mass is 19.3. The van der Waals surface area contributed by atoms with E-state index in [0.29, 0.717) is 29.5 Å². The predicted octanol–water partition coefficient (Wildman–Crippen LogP) is 4.62. The van der Waals surface area contributed by atoms with E-state index in [1.54, 1.807) is 12.1 Å². The molecule has 3 heterocycles. The lowest BCUT2D eigenvalue weighted by molar-refractivity contribution is 0.0605. The number of hydrogen-bond donors (Lipinski definition) is 0. The second-order valence-corrected chi connectivity index (χ2v) is 8.77. The largest absolute Gasteiger partial charge is 0.415 e. The smallest absolute Gasteiger partial charge is 0.314 e. The second-order valence-electron chi connectivity index (χ2n) is 8.77. The molecule has 2 atom stereocenters. The average Bonchev–Trinajstić information content (AvgIpc) is 3.22. The Bertz CT molecular complexity index is 1170. The molecule has 0 spiro atoms. The van der Waals surface area contributed by atoms with E-state index in [0.717, 1.165) is 49.9 Å². The van der Waals surface area contributed by atoms with Crippen molar-refractivity contribution in [2.45, 2.75) is 69.4 Å². The molecule has 0 bridgehead atoms. The number of halogens is 2. The van der Waals surface area contributed by atoms with Crippen LogP contribution in [0.25, 0.3) is 11.5 Å². The van der Waals surface area contributed by atoms with Crippen molar-refractivity contribution >= 4 is 5.91 Å². The lowest BCUT2D eigenvalue weighted by Crippen LogP contribution is -2.41. The van der Waals surface area contributed by atoms with Crippen LogP contribution in [0.2, 0.25) is 0 Å². The quantitative estimate of drug-likeness (QED) is 0.570. The number of alkyl halides is 2. The molecule has 0 saturated heterocycles. The van der Waals surface area contributed by atoms with Crippen molar-refractivity contribution in [2.75, 3.05) is 0 Å². The zero-order valence-electron chi connectivity index (χ0n) is 17.2. The maximum Gasteiger partial charge on any atom is 0.314 e. The van der Waals surface area contributed by atoms with Crippen LogP contribution in [0.3, 0.4) is 0 Å². The van der Waals surface area contributed by atoms with Gasteiger partial charge in [-0.05, 0) is 43.4 Å². The summed E-state index contributed by atoms with van der Waals surface area (Å²) in [6.45, 7) is 0.491. The summed E-state index contributed by atoms with van der Waals surface area (Å²) in [7, 11) is 0. The van der Waals surface area contributed by atoms with Gasteiger partial charge in [0.1, 0.15) is 0 Å². The molecule has 8 nitrogen and oxygen atoms in total. The fourth-order valence-electron chi connectivity index (χ4n) is 4.84. The van der Waals surface area contributed by atoms with Gasteiger partial charge in [-0.3, -0.25) is 4.79 Å². The number of nitrogens with zero attached hydrogens (tertiary/aromatic N) is 5. The highest BCUT2D eigenvalue weighted by molar-refractivity contribution is 5.99. The number of hydrogen-bond acceptors (Lipinski definition) is 7. The third kappa shape index (κ3) is 3.28. The molecule has 1 aliphatic heterocycles. The summed E-state index contributed by atoms with van der Waals surface area (Å²) in [5.41, 5.74) is 1.87. The summed E-state index contributed by atoms with van der Waals surface area (Å²) < 4.78 is 36.2. The Morgan fingerprint density at radius 1 is 1.09 bits per heavy atom. The molecule has 0 N–H and O–H groups in total. The summed E-state index contributed by atoms with van der Waals surface area (Å²) in [5, 5.41) is 11.2. The molecule has 2 saturated carbocycles. The van der Waals surface area contributed by atoms with Crippen LogP contribution >= 0.6 is 0 Å². The van der Waals surface area contributed by atoms with Gasteiger partial charge >= 0.3 is 6.43 Å². The lowest BCUT2D eigenvalue weighted by Gasteiger charge is -2.36. The highest BCUT2D eigenvalue weighted by Gasteiger charge is 2.41. The van der Waals surface area contributed by atoms with Crippen LogP contribution < -0.4 is 0 Å². The summed E-state index contributed by atoms with van der Waals surface area (Å²) >= 11 is 0. The van der Waals surface area contributed by atoms with Gasteiger partial charge in [0, 0.05) is 29.6 Å². The van der Waals surface area contributed by atoms with E-state index < -0.39 is 12.3 Å². The van der Waals surface area contributed by atoms with Gasteiger partial charge in [-0.15, -0.1) is 10.2 Å². The van der Waals surface area contributed by atoms with Gasteiger partial charge in [-0.25, -0.2) is 0 Å². The normalized spacial score (nSPS) is 23.2. The molecular formula is C22H21F2N5O3. The van der Waals surface area contributed by atoms with E-state index in [1.165, 1.54) is 0 Å². The molecule has 6 rings (SSSR count). The first kappa shape index (κ1) is 19.5. The number of benzene rings is 1. The molecule has 166 valence electrons. The molecule has 1 aromatic carbocycles. The number of carbonyl (C=O) groups is 1. The standard InChI is InChI=1S/C22H21F2N5O3/c23-17(24)21-27-26-19(31-21)12-7-8-13-10-29(22(30)15(13)9-12)16-4-2-1-3-14(16)20-25-18(28-32-20)11-5-6-11/h7-9,11,14,16-17H,1-6,10H2/t14-,16-/m1/s1. The maximum absolute atomic E-state index is 13.4. The average molecular weight is 441 g/mol. The Labute approximate surface area is 182 Å². The Morgan fingerprint density at radius 3 is 2.72 bits per heavy atom. The monoisotopic (exact) mass is 441 g/mol. The predicted molar refractivity (Wildman–Crippen MR) is 106 cm³/mol. The Hall–Kier alpha value is -3.17. The topological polar surface area (TPSA) is 98.2 Å². The molecule has 2 fully saturated rings. The third-order valence-electron chi connectivity index (χ3n) is 6.66. The number of amides is 1. The summed E-state index contributed by atoms with van der Waals surface area (Å²) in [6, 6.07) is 5.17. The number of aromatic nitrogens is 4. The first-order chi connectivity index (χ1) is 15.6. The van der Waals surface area contributed by atoms with Gasteiger partial charge in [-0.1, -0.05) is 24.1 Å². The fourth-order valence-corrected chi connectivity index (χ4v) is 4.84. The van der Waals surface area contributed by atoms with E-state index >= 15 is 0 Å². The first-order valence-corrected chi connectivity index (χ1v) is 11.0. The van der Waals surface area contributed by atoms with Gasteiger partial charge in [-0.2, -0.15) is 13.8 Å². The van der Waals surface area contributed by atoms with Crippen molar-refractivity contribution < 1.29 is 22.5 Å². The summed E-state index contributed by atoms with van der Waals surface area (Å²) in [6.07, 6.45) is 3.25. The molecule has 2 aliphatic carbocycles. The molecule has 0 radical (unpaired) electrons. The second kappa shape index (κ2) is 7.46. The molecular weight excluding hydrogens is 420 g/mol. The van der Waals surface area contributed by atoms with Gasteiger partial charge < -0.3 is 13.8 Å². The summed E-state index contributed by atoms with van der Waals surface area (Å²) in [5.74, 6) is 1.01. The SMILES string of the molecule is O=C1c2cc(-c3nnc(C(F)F)o3)ccc2CN1[C@@H]1CCCC[C@H]1c1nc(C2CC2)no1. The minimum absolute atomic E-state index is 0.0195. The van der Waals surface area contributed by atoms with E-state index in [2.05, 4.69) is 20.3 Å². The van der Waals surface area contributed by atoms with E-state index in [1.807, 2.05) is 11.0 Å². The Morgan fingerprint density at radius 2 is 1.94 bits per heavy atom. The van der Waals surface area contributed by atoms with Crippen molar-refractivity contribution in [2.24, 2.45) is 0 Å². The van der Waals surface area contributed by atoms with Crippen LogP contribution in [0.4, 0.5) is 8.78 Å². The van der Waals surface area contributed by atoms with Gasteiger partial charge in [0.2, 0.25) is 11.8 Å². The molecule has 3 aromatic rings. The molecule has 32 heavy (non-hydrogen) atoms. The van der Waals surface area contributed by atoms with Crippen molar-refractivity contribution in [1.82, 2.24) is 25.2 Å². The molecule has 3 aliphatic rings. The van der Waals surface area contributed by atoms with Gasteiger partial charge in [0.25, 0.3) is 11.8 Å². The van der Waals surface area contributed by atoms with E-state index in [4.69, 9.17) is 8.94 Å². The fraction of sp³-hybridized carbons (Fsp3) is 0.500. The van der Waals surface area contributed by atoms with Crippen LogP contribution in [0, 0.1) is 0 Å². The van der Waals surface area contributed by atoms with Crippen LogP contribution in [-0.2, 0) is 6.54 Å². The van der Waals surface area contributed by atoms with Crippen molar-refractivity contribution in [3.63, 3.8) is 0 Å². The lowest BCUT2D eigenvalue weighted by atomic mass is 9.83. The third-order valence-corrected chi connectivity index (χ3v) is 6.66. The Balaban J connectivity index is 1.27. The molecule has 0 unspecified atom stereocenters. The zero-order valence-corrected chi connectivity index (χ0v) is 17.2. The van der Waals surface area contributed by atoms with Crippen molar-refractivity contribution in [3.05, 3.63) is 46.9 Å². The minimum Gasteiger partial charge on any atom is -0.415 e. The van der Waals surface area contributed by atoms with Gasteiger partial charge in [0.15, 0.2) is 5.82 Å². The molecule has 1 amide bonds. The van der Waals surface area contributed by atoms with Crippen LogP contribution in [0.15, 0.2) is 27.1 Å². The van der Waals surface area contributed by atoms with Crippen molar-refractivity contribution in [1.29, 1.82) is 0 Å². The zero-order chi connectivity index (χ0) is 21.8. The maximum atomic E-state index is 13.4. The Kier molecular flexibility index (Phi) is 4.55. The molecule has 2 aromatic heterocycles. The minimum atomic E-state index is -2.84. The van der Waals surface area contributed by atoms with Gasteiger partial charge in [0.05, 0.1) is 5.92 Å². The number of fused-ring (bicyclic) bond motifs is 1.